The van der Waals surface area contributed by atoms with Crippen LogP contribution in [0.1, 0.15) is 26.8 Å². The normalized spacial score (nSPS) is 12.4. The van der Waals surface area contributed by atoms with Crippen molar-refractivity contribution in [2.24, 2.45) is 0 Å². The Hall–Kier alpha value is -2.74. The van der Waals surface area contributed by atoms with Crippen LogP contribution in [0.15, 0.2) is 52.4 Å². The van der Waals surface area contributed by atoms with Crippen LogP contribution < -0.4 is 10.9 Å². The second-order valence-electron chi connectivity index (χ2n) is 6.55. The number of carbonyl (C=O) groups is 1. The Morgan fingerprint density at radius 3 is 2.57 bits per heavy atom. The van der Waals surface area contributed by atoms with Gasteiger partial charge in [-0.3, -0.25) is 14.2 Å². The van der Waals surface area contributed by atoms with Gasteiger partial charge in [0.15, 0.2) is 5.16 Å². The fraction of sp³-hybridized carbons (Fsp3) is 0.250. The first-order chi connectivity index (χ1) is 13.3. The average Bonchev–Trinajstić information content (AvgIpc) is 2.64. The fourth-order valence-corrected chi connectivity index (χ4v) is 3.74. The van der Waals surface area contributed by atoms with Crippen LogP contribution in [0.3, 0.4) is 0 Å². The summed E-state index contributed by atoms with van der Waals surface area (Å²) < 4.78 is 28.6. The highest BCUT2D eigenvalue weighted by atomic mass is 32.2. The highest BCUT2D eigenvalue weighted by Gasteiger charge is 2.21. The SMILES string of the molecule is CC(C)n1c(S[C@@H](C)C(=O)Nc2cc(F)ccc2F)nc2ccccc2c1=O. The molecule has 0 bridgehead atoms. The third-order valence-electron chi connectivity index (χ3n) is 4.13. The van der Waals surface area contributed by atoms with Crippen LogP contribution >= 0.6 is 11.8 Å². The number of halogens is 2. The molecular weight excluding hydrogens is 384 g/mol. The van der Waals surface area contributed by atoms with Gasteiger partial charge in [0.1, 0.15) is 11.6 Å². The number of aromatic nitrogens is 2. The molecule has 0 aliphatic carbocycles. The standard InChI is InChI=1S/C20H19F2N3O2S/c1-11(2)25-19(27)14-6-4-5-7-16(14)24-20(25)28-12(3)18(26)23-17-10-13(21)8-9-15(17)22/h4-12H,1-3H3,(H,23,26)/t12-/m0/s1. The molecule has 1 heterocycles. The number of nitrogens with one attached hydrogen (secondary N) is 1. The van der Waals surface area contributed by atoms with Gasteiger partial charge in [0.25, 0.3) is 5.56 Å². The molecule has 3 aromatic rings. The van der Waals surface area contributed by atoms with Crippen molar-refractivity contribution < 1.29 is 13.6 Å². The van der Waals surface area contributed by atoms with Gasteiger partial charge in [0.05, 0.1) is 21.8 Å². The Labute approximate surface area is 164 Å². The molecule has 5 nitrogen and oxygen atoms in total. The van der Waals surface area contributed by atoms with Gasteiger partial charge in [-0.25, -0.2) is 13.8 Å². The van der Waals surface area contributed by atoms with E-state index in [0.717, 1.165) is 30.0 Å². The monoisotopic (exact) mass is 403 g/mol. The van der Waals surface area contributed by atoms with E-state index in [9.17, 15) is 18.4 Å². The number of nitrogens with zero attached hydrogens (tertiary/aromatic N) is 2. The van der Waals surface area contributed by atoms with Crippen molar-refractivity contribution in [1.82, 2.24) is 9.55 Å². The average molecular weight is 403 g/mol. The van der Waals surface area contributed by atoms with Gasteiger partial charge >= 0.3 is 0 Å². The maximum absolute atomic E-state index is 13.8. The van der Waals surface area contributed by atoms with Crippen molar-refractivity contribution in [1.29, 1.82) is 0 Å². The summed E-state index contributed by atoms with van der Waals surface area (Å²) in [5.74, 6) is -1.90. The van der Waals surface area contributed by atoms with Gasteiger partial charge in [-0.05, 0) is 45.0 Å². The van der Waals surface area contributed by atoms with Crippen LogP contribution in [0.25, 0.3) is 10.9 Å². The Bertz CT molecular complexity index is 1100. The largest absolute Gasteiger partial charge is 0.323 e. The van der Waals surface area contributed by atoms with E-state index in [-0.39, 0.29) is 17.3 Å². The minimum Gasteiger partial charge on any atom is -0.323 e. The molecule has 2 aromatic carbocycles. The Morgan fingerprint density at radius 1 is 1.14 bits per heavy atom. The van der Waals surface area contributed by atoms with Crippen LogP contribution in [-0.4, -0.2) is 20.7 Å². The fourth-order valence-electron chi connectivity index (χ4n) is 2.70. The summed E-state index contributed by atoms with van der Waals surface area (Å²) in [6.07, 6.45) is 0. The molecular formula is C20H19F2N3O2S. The second-order valence-corrected chi connectivity index (χ2v) is 7.86. The number of para-hydroxylation sites is 1. The van der Waals surface area contributed by atoms with Gasteiger partial charge in [0, 0.05) is 12.1 Å². The Balaban J connectivity index is 1.91. The van der Waals surface area contributed by atoms with E-state index in [1.165, 1.54) is 4.57 Å². The number of hydrogen-bond donors (Lipinski definition) is 1. The zero-order valence-corrected chi connectivity index (χ0v) is 16.4. The molecule has 1 amide bonds. The van der Waals surface area contributed by atoms with Gasteiger partial charge < -0.3 is 5.32 Å². The van der Waals surface area contributed by atoms with Crippen LogP contribution in [0.4, 0.5) is 14.5 Å². The van der Waals surface area contributed by atoms with Crippen LogP contribution in [-0.2, 0) is 4.79 Å². The number of thioether (sulfide) groups is 1. The molecule has 1 atom stereocenters. The van der Waals surface area contributed by atoms with Crippen LogP contribution in [0.2, 0.25) is 0 Å². The highest BCUT2D eigenvalue weighted by Crippen LogP contribution is 2.26. The molecule has 0 radical (unpaired) electrons. The van der Waals surface area contributed by atoms with Crippen LogP contribution in [0, 0.1) is 11.6 Å². The number of rotatable bonds is 5. The molecule has 8 heteroatoms. The van der Waals surface area contributed by atoms with Gasteiger partial charge in [-0.2, -0.15) is 0 Å². The zero-order chi connectivity index (χ0) is 20.4. The predicted octanol–water partition coefficient (Wildman–Crippen LogP) is 4.37. The molecule has 0 aliphatic rings. The van der Waals surface area contributed by atoms with Crippen molar-refractivity contribution in [2.75, 3.05) is 5.32 Å². The van der Waals surface area contributed by atoms with Crippen LogP contribution in [0.5, 0.6) is 0 Å². The lowest BCUT2D eigenvalue weighted by molar-refractivity contribution is -0.115. The van der Waals surface area contributed by atoms with E-state index >= 15 is 0 Å². The topological polar surface area (TPSA) is 64.0 Å². The minimum absolute atomic E-state index is 0.164. The van der Waals surface area contributed by atoms with E-state index in [0.29, 0.717) is 16.1 Å². The number of carbonyl (C=O) groups excluding carboxylic acids is 1. The summed E-state index contributed by atoms with van der Waals surface area (Å²) in [6.45, 7) is 5.33. The molecule has 28 heavy (non-hydrogen) atoms. The van der Waals surface area contributed by atoms with E-state index in [4.69, 9.17) is 0 Å². The molecule has 3 rings (SSSR count). The minimum atomic E-state index is -0.727. The molecule has 0 saturated carbocycles. The highest BCUT2D eigenvalue weighted by molar-refractivity contribution is 8.00. The number of hydrogen-bond acceptors (Lipinski definition) is 4. The first kappa shape index (κ1) is 20.0. The molecule has 0 fully saturated rings. The summed E-state index contributed by atoms with van der Waals surface area (Å²) in [4.78, 5) is 29.8. The van der Waals surface area contributed by atoms with Crippen molar-refractivity contribution in [2.45, 2.75) is 37.2 Å². The third-order valence-corrected chi connectivity index (χ3v) is 5.20. The predicted molar refractivity (Wildman–Crippen MR) is 107 cm³/mol. The maximum atomic E-state index is 13.8. The van der Waals surface area contributed by atoms with E-state index in [1.807, 2.05) is 13.8 Å². The van der Waals surface area contributed by atoms with E-state index in [1.54, 1.807) is 31.2 Å². The van der Waals surface area contributed by atoms with Gasteiger partial charge in [-0.1, -0.05) is 23.9 Å². The van der Waals surface area contributed by atoms with Crippen molar-refractivity contribution in [3.05, 3.63) is 64.5 Å². The summed E-state index contributed by atoms with van der Waals surface area (Å²) >= 11 is 1.09. The quantitative estimate of drug-likeness (QED) is 0.507. The van der Waals surface area contributed by atoms with E-state index in [2.05, 4.69) is 10.3 Å². The molecule has 0 saturated heterocycles. The van der Waals surface area contributed by atoms with Gasteiger partial charge in [-0.15, -0.1) is 0 Å². The van der Waals surface area contributed by atoms with E-state index < -0.39 is 22.8 Å². The lowest BCUT2D eigenvalue weighted by Crippen LogP contribution is -2.28. The Kier molecular flexibility index (Phi) is 5.79. The molecule has 0 unspecified atom stereocenters. The first-order valence-electron chi connectivity index (χ1n) is 8.71. The molecule has 146 valence electrons. The van der Waals surface area contributed by atoms with Crippen molar-refractivity contribution in [3.8, 4) is 0 Å². The summed E-state index contributed by atoms with van der Waals surface area (Å²) in [6, 6.07) is 9.68. The smallest absolute Gasteiger partial charge is 0.262 e. The number of anilines is 1. The zero-order valence-electron chi connectivity index (χ0n) is 15.6. The number of benzene rings is 2. The first-order valence-corrected chi connectivity index (χ1v) is 9.59. The molecule has 0 spiro atoms. The summed E-state index contributed by atoms with van der Waals surface area (Å²) in [7, 11) is 0. The number of amides is 1. The van der Waals surface area contributed by atoms with Crippen molar-refractivity contribution >= 4 is 34.3 Å². The van der Waals surface area contributed by atoms with Gasteiger partial charge in [0.2, 0.25) is 5.91 Å². The molecule has 0 aliphatic heterocycles. The Morgan fingerprint density at radius 2 is 1.86 bits per heavy atom. The summed E-state index contributed by atoms with van der Waals surface area (Å²) in [5.41, 5.74) is 0.118. The van der Waals surface area contributed by atoms with Crippen molar-refractivity contribution in [3.63, 3.8) is 0 Å². The number of fused-ring (bicyclic) bond motifs is 1. The lowest BCUT2D eigenvalue weighted by Gasteiger charge is -2.18. The molecule has 1 aromatic heterocycles. The third kappa shape index (κ3) is 4.06. The lowest BCUT2D eigenvalue weighted by atomic mass is 10.2. The molecule has 1 N–H and O–H groups in total. The summed E-state index contributed by atoms with van der Waals surface area (Å²) in [5, 5.41) is 2.58. The maximum Gasteiger partial charge on any atom is 0.262 e. The second kappa shape index (κ2) is 8.10.